The summed E-state index contributed by atoms with van der Waals surface area (Å²) in [7, 11) is -1.65. The summed E-state index contributed by atoms with van der Waals surface area (Å²) in [6, 6.07) is 11.1. The summed E-state index contributed by atoms with van der Waals surface area (Å²) in [5, 5.41) is 2.98. The summed E-state index contributed by atoms with van der Waals surface area (Å²) in [5.74, 6) is 0.569. The summed E-state index contributed by atoms with van der Waals surface area (Å²) in [6.07, 6.45) is 2.69. The molecule has 0 aliphatic heterocycles. The Morgan fingerprint density at radius 2 is 1.92 bits per heavy atom. The zero-order valence-electron chi connectivity index (χ0n) is 14.2. The van der Waals surface area contributed by atoms with Crippen molar-refractivity contribution in [2.75, 3.05) is 18.7 Å². The number of halogens is 1. The van der Waals surface area contributed by atoms with Crippen molar-refractivity contribution in [3.63, 3.8) is 0 Å². The number of methoxy groups -OCH3 is 1. The maximum atomic E-state index is 13.0. The molecule has 8 heteroatoms. The van der Waals surface area contributed by atoms with Crippen molar-refractivity contribution in [2.24, 2.45) is 0 Å². The number of anilines is 2. The number of benzene rings is 2. The van der Waals surface area contributed by atoms with E-state index in [9.17, 15) is 12.8 Å². The minimum atomic E-state index is -3.16. The molecule has 26 heavy (non-hydrogen) atoms. The highest BCUT2D eigenvalue weighted by Gasteiger charge is 2.12. The van der Waals surface area contributed by atoms with Gasteiger partial charge in [0.2, 0.25) is 0 Å². The highest BCUT2D eigenvalue weighted by molar-refractivity contribution is 7.89. The third kappa shape index (κ3) is 4.40. The van der Waals surface area contributed by atoms with Crippen molar-refractivity contribution < 1.29 is 22.0 Å². The second-order valence-corrected chi connectivity index (χ2v) is 7.91. The molecule has 0 aliphatic carbocycles. The van der Waals surface area contributed by atoms with Crippen LogP contribution in [-0.4, -0.2) is 26.8 Å². The largest absolute Gasteiger partial charge is 0.495 e. The molecular formula is C18H17FN2O4S. The lowest BCUT2D eigenvalue weighted by molar-refractivity contribution is 0.416. The molecule has 1 N–H and O–H groups in total. The number of nitrogens with one attached hydrogen (secondary N) is 1. The summed E-state index contributed by atoms with van der Waals surface area (Å²) < 4.78 is 46.9. The second kappa shape index (κ2) is 7.17. The lowest BCUT2D eigenvalue weighted by Crippen LogP contribution is -2.02. The summed E-state index contributed by atoms with van der Waals surface area (Å²) in [6.45, 7) is 0. The molecule has 0 saturated carbocycles. The maximum absolute atomic E-state index is 13.0. The average Bonchev–Trinajstić information content (AvgIpc) is 3.03. The van der Waals surface area contributed by atoms with Gasteiger partial charge in [-0.1, -0.05) is 6.07 Å². The normalized spacial score (nSPS) is 11.3. The Hall–Kier alpha value is -2.87. The standard InChI is InChI=1S/C18H17FN2O4S/c1-24-16-8-3-12(11-26(2,22)23)9-15(16)21-18-20-10-17(25-18)13-4-6-14(19)7-5-13/h3-10H,11H2,1-2H3,(H,20,21). The Labute approximate surface area is 150 Å². The van der Waals surface area contributed by atoms with E-state index in [0.717, 1.165) is 0 Å². The topological polar surface area (TPSA) is 81.4 Å². The van der Waals surface area contributed by atoms with E-state index in [1.54, 1.807) is 30.3 Å². The van der Waals surface area contributed by atoms with Crippen LogP contribution in [0, 0.1) is 5.82 Å². The van der Waals surface area contributed by atoms with E-state index in [0.29, 0.717) is 28.3 Å². The van der Waals surface area contributed by atoms with E-state index in [2.05, 4.69) is 10.3 Å². The molecule has 0 unspecified atom stereocenters. The van der Waals surface area contributed by atoms with Crippen LogP contribution < -0.4 is 10.1 Å². The van der Waals surface area contributed by atoms with Crippen LogP contribution in [-0.2, 0) is 15.6 Å². The van der Waals surface area contributed by atoms with Crippen molar-refractivity contribution in [3.8, 4) is 17.1 Å². The monoisotopic (exact) mass is 376 g/mol. The van der Waals surface area contributed by atoms with Gasteiger partial charge in [-0.05, 0) is 42.0 Å². The smallest absolute Gasteiger partial charge is 0.299 e. The van der Waals surface area contributed by atoms with Crippen LogP contribution >= 0.6 is 0 Å². The fraction of sp³-hybridized carbons (Fsp3) is 0.167. The van der Waals surface area contributed by atoms with Gasteiger partial charge in [0.05, 0.1) is 24.7 Å². The van der Waals surface area contributed by atoms with Gasteiger partial charge in [0.1, 0.15) is 11.6 Å². The summed E-state index contributed by atoms with van der Waals surface area (Å²) >= 11 is 0. The van der Waals surface area contributed by atoms with Crippen LogP contribution in [0.3, 0.4) is 0 Å². The molecule has 0 aliphatic rings. The fourth-order valence-corrected chi connectivity index (χ4v) is 3.23. The Kier molecular flexibility index (Phi) is 4.94. The number of oxazole rings is 1. The minimum Gasteiger partial charge on any atom is -0.495 e. The first-order chi connectivity index (χ1) is 12.3. The molecule has 0 bridgehead atoms. The van der Waals surface area contributed by atoms with Crippen molar-refractivity contribution in [2.45, 2.75) is 5.75 Å². The zero-order chi connectivity index (χ0) is 18.7. The van der Waals surface area contributed by atoms with Crippen LogP contribution in [0.5, 0.6) is 5.75 Å². The van der Waals surface area contributed by atoms with Gasteiger partial charge in [-0.3, -0.25) is 0 Å². The highest BCUT2D eigenvalue weighted by Crippen LogP contribution is 2.31. The van der Waals surface area contributed by atoms with Crippen LogP contribution in [0.2, 0.25) is 0 Å². The zero-order valence-corrected chi connectivity index (χ0v) is 15.0. The van der Waals surface area contributed by atoms with E-state index < -0.39 is 9.84 Å². The number of sulfone groups is 1. The van der Waals surface area contributed by atoms with Crippen molar-refractivity contribution in [1.82, 2.24) is 4.98 Å². The number of nitrogens with zero attached hydrogens (tertiary/aromatic N) is 1. The van der Waals surface area contributed by atoms with Crippen LogP contribution in [0.4, 0.5) is 16.1 Å². The Bertz CT molecular complexity index is 1010. The van der Waals surface area contributed by atoms with Gasteiger partial charge in [0, 0.05) is 11.8 Å². The van der Waals surface area contributed by atoms with E-state index >= 15 is 0 Å². The van der Waals surface area contributed by atoms with Gasteiger partial charge in [-0.2, -0.15) is 0 Å². The number of hydrogen-bond donors (Lipinski definition) is 1. The Morgan fingerprint density at radius 1 is 1.19 bits per heavy atom. The summed E-state index contributed by atoms with van der Waals surface area (Å²) in [5.41, 5.74) is 1.83. The van der Waals surface area contributed by atoms with Crippen molar-refractivity contribution >= 4 is 21.5 Å². The third-order valence-corrected chi connectivity index (χ3v) is 4.43. The number of hydrogen-bond acceptors (Lipinski definition) is 6. The molecule has 0 saturated heterocycles. The van der Waals surface area contributed by atoms with Gasteiger partial charge < -0.3 is 14.5 Å². The van der Waals surface area contributed by atoms with Crippen molar-refractivity contribution in [3.05, 3.63) is 60.0 Å². The lowest BCUT2D eigenvalue weighted by Gasteiger charge is -2.10. The fourth-order valence-electron chi connectivity index (χ4n) is 2.44. The Morgan fingerprint density at radius 3 is 2.58 bits per heavy atom. The first kappa shape index (κ1) is 17.9. The van der Waals surface area contributed by atoms with Crippen LogP contribution in [0.1, 0.15) is 5.56 Å². The molecule has 0 spiro atoms. The quantitative estimate of drug-likeness (QED) is 0.705. The molecule has 0 fully saturated rings. The third-order valence-electron chi connectivity index (χ3n) is 3.57. The van der Waals surface area contributed by atoms with E-state index in [1.807, 2.05) is 0 Å². The minimum absolute atomic E-state index is 0.0852. The number of rotatable bonds is 6. The van der Waals surface area contributed by atoms with Gasteiger partial charge in [-0.25, -0.2) is 17.8 Å². The molecule has 2 aromatic carbocycles. The van der Waals surface area contributed by atoms with Crippen LogP contribution in [0.15, 0.2) is 53.1 Å². The van der Waals surface area contributed by atoms with Gasteiger partial charge in [0.15, 0.2) is 15.6 Å². The van der Waals surface area contributed by atoms with E-state index in [1.165, 1.54) is 31.7 Å². The van der Waals surface area contributed by atoms with E-state index in [-0.39, 0.29) is 17.6 Å². The molecular weight excluding hydrogens is 359 g/mol. The van der Waals surface area contributed by atoms with Gasteiger partial charge in [-0.15, -0.1) is 0 Å². The first-order valence-corrected chi connectivity index (χ1v) is 9.73. The highest BCUT2D eigenvalue weighted by atomic mass is 32.2. The van der Waals surface area contributed by atoms with E-state index in [4.69, 9.17) is 9.15 Å². The molecule has 1 aromatic heterocycles. The Balaban J connectivity index is 1.86. The first-order valence-electron chi connectivity index (χ1n) is 7.67. The van der Waals surface area contributed by atoms with Crippen molar-refractivity contribution in [1.29, 1.82) is 0 Å². The predicted molar refractivity (Wildman–Crippen MR) is 96.7 cm³/mol. The lowest BCUT2D eigenvalue weighted by atomic mass is 10.2. The number of ether oxygens (including phenoxy) is 1. The molecule has 136 valence electrons. The van der Waals surface area contributed by atoms with Gasteiger partial charge in [0.25, 0.3) is 6.01 Å². The van der Waals surface area contributed by atoms with Crippen LogP contribution in [0.25, 0.3) is 11.3 Å². The maximum Gasteiger partial charge on any atom is 0.299 e. The molecule has 1 heterocycles. The summed E-state index contributed by atoms with van der Waals surface area (Å²) in [4.78, 5) is 4.14. The molecule has 3 aromatic rings. The molecule has 0 radical (unpaired) electrons. The van der Waals surface area contributed by atoms with Gasteiger partial charge >= 0.3 is 0 Å². The molecule has 6 nitrogen and oxygen atoms in total. The SMILES string of the molecule is COc1ccc(CS(C)(=O)=O)cc1Nc1ncc(-c2ccc(F)cc2)o1. The molecule has 0 atom stereocenters. The predicted octanol–water partition coefficient (Wildman–Crippen LogP) is 3.78. The average molecular weight is 376 g/mol. The molecule has 3 rings (SSSR count). The second-order valence-electron chi connectivity index (χ2n) is 5.77. The number of aromatic nitrogens is 1. The molecule has 0 amide bonds.